The first-order valence-corrected chi connectivity index (χ1v) is 3.60. The Morgan fingerprint density at radius 1 is 1.50 bits per heavy atom. The van der Waals surface area contributed by atoms with Crippen molar-refractivity contribution in [3.05, 3.63) is 0 Å². The van der Waals surface area contributed by atoms with Crippen molar-refractivity contribution in [1.29, 1.82) is 0 Å². The Kier molecular flexibility index (Phi) is 5.03. The fourth-order valence-electron chi connectivity index (χ4n) is 0.634. The molecule has 70 valence electrons. The van der Waals surface area contributed by atoms with Crippen molar-refractivity contribution in [1.82, 2.24) is 0 Å². The van der Waals surface area contributed by atoms with Crippen LogP contribution in [0.3, 0.4) is 0 Å². The van der Waals surface area contributed by atoms with Crippen LogP contribution in [0.1, 0.15) is 13.3 Å². The summed E-state index contributed by atoms with van der Waals surface area (Å²) in [6, 6.07) is -0.922. The number of hydrogen-bond donors (Lipinski definition) is 1. The van der Waals surface area contributed by atoms with Crippen molar-refractivity contribution in [2.75, 3.05) is 13.7 Å². The molecule has 0 unspecified atom stereocenters. The maximum atomic E-state index is 10.8. The van der Waals surface area contributed by atoms with E-state index in [0.717, 1.165) is 0 Å². The summed E-state index contributed by atoms with van der Waals surface area (Å²) in [5.41, 5.74) is 5.28. The highest BCUT2D eigenvalue weighted by molar-refractivity contribution is 5.82. The molecule has 0 aromatic rings. The molecule has 2 N–H and O–H groups in total. The smallest absolute Gasteiger partial charge is 0.323 e. The van der Waals surface area contributed by atoms with E-state index in [1.54, 1.807) is 6.92 Å². The van der Waals surface area contributed by atoms with Gasteiger partial charge in [-0.1, -0.05) is 0 Å². The van der Waals surface area contributed by atoms with Gasteiger partial charge in [0.2, 0.25) is 0 Å². The maximum Gasteiger partial charge on any atom is 0.323 e. The molecule has 0 radical (unpaired) electrons. The lowest BCUT2D eigenvalue weighted by atomic mass is 10.2. The van der Waals surface area contributed by atoms with E-state index in [4.69, 9.17) is 5.73 Å². The van der Waals surface area contributed by atoms with Gasteiger partial charge < -0.3 is 15.2 Å². The number of methoxy groups -OCH3 is 1. The van der Waals surface area contributed by atoms with E-state index in [1.807, 2.05) is 0 Å². The molecule has 0 fully saturated rings. The first-order valence-electron chi connectivity index (χ1n) is 3.60. The van der Waals surface area contributed by atoms with Gasteiger partial charge in [0.1, 0.15) is 6.04 Å². The lowest BCUT2D eigenvalue weighted by Crippen LogP contribution is -2.34. The molecule has 0 aliphatic rings. The van der Waals surface area contributed by atoms with Gasteiger partial charge in [0, 0.05) is 0 Å². The van der Waals surface area contributed by atoms with Crippen LogP contribution in [0.2, 0.25) is 0 Å². The van der Waals surface area contributed by atoms with E-state index in [2.05, 4.69) is 9.47 Å². The standard InChI is InChI=1S/C7H13NO4/c1-3-12-6(9)4-5(8)7(10)11-2/h5H,3-4,8H2,1-2H3/t5-/m1/s1. The second kappa shape index (κ2) is 5.54. The molecule has 1 atom stereocenters. The largest absolute Gasteiger partial charge is 0.468 e. The summed E-state index contributed by atoms with van der Waals surface area (Å²) in [5.74, 6) is -1.10. The molecule has 0 aliphatic heterocycles. The summed E-state index contributed by atoms with van der Waals surface area (Å²) < 4.78 is 8.90. The normalized spacial score (nSPS) is 11.9. The highest BCUT2D eigenvalue weighted by Gasteiger charge is 2.18. The molecule has 0 rings (SSSR count). The molecule has 0 amide bonds. The van der Waals surface area contributed by atoms with Gasteiger partial charge in [-0.2, -0.15) is 0 Å². The van der Waals surface area contributed by atoms with Crippen LogP contribution in [0.25, 0.3) is 0 Å². The zero-order valence-corrected chi connectivity index (χ0v) is 7.20. The zero-order chi connectivity index (χ0) is 9.56. The lowest BCUT2D eigenvalue weighted by Gasteiger charge is -2.07. The van der Waals surface area contributed by atoms with Gasteiger partial charge in [-0.3, -0.25) is 9.59 Å². The number of carbonyl (C=O) groups excluding carboxylic acids is 2. The van der Waals surface area contributed by atoms with Gasteiger partial charge in [-0.25, -0.2) is 0 Å². The van der Waals surface area contributed by atoms with Crippen LogP contribution in [0, 0.1) is 0 Å². The predicted molar refractivity (Wildman–Crippen MR) is 41.2 cm³/mol. The van der Waals surface area contributed by atoms with Crippen molar-refractivity contribution in [3.8, 4) is 0 Å². The Bertz CT molecular complexity index is 169. The fourth-order valence-corrected chi connectivity index (χ4v) is 0.634. The summed E-state index contributed by atoms with van der Waals surface area (Å²) >= 11 is 0. The van der Waals surface area contributed by atoms with Crippen LogP contribution in [0.15, 0.2) is 0 Å². The molecule has 0 heterocycles. The third kappa shape index (κ3) is 3.92. The highest BCUT2D eigenvalue weighted by Crippen LogP contribution is 1.93. The minimum Gasteiger partial charge on any atom is -0.468 e. The van der Waals surface area contributed by atoms with Crippen LogP contribution in [-0.2, 0) is 19.1 Å². The first-order chi connectivity index (χ1) is 5.61. The Morgan fingerprint density at radius 3 is 2.50 bits per heavy atom. The highest BCUT2D eigenvalue weighted by atomic mass is 16.5. The third-order valence-electron chi connectivity index (χ3n) is 1.20. The SMILES string of the molecule is CCOC(=O)C[C@@H](N)C(=O)OC. The van der Waals surface area contributed by atoms with Crippen molar-refractivity contribution < 1.29 is 19.1 Å². The van der Waals surface area contributed by atoms with Crippen LogP contribution < -0.4 is 5.73 Å². The van der Waals surface area contributed by atoms with Gasteiger partial charge in [-0.05, 0) is 6.92 Å². The monoisotopic (exact) mass is 175 g/mol. The average Bonchev–Trinajstić information content (AvgIpc) is 2.03. The number of carbonyl (C=O) groups is 2. The van der Waals surface area contributed by atoms with Crippen molar-refractivity contribution in [2.24, 2.45) is 5.73 Å². The third-order valence-corrected chi connectivity index (χ3v) is 1.20. The van der Waals surface area contributed by atoms with Crippen molar-refractivity contribution in [3.63, 3.8) is 0 Å². The first kappa shape index (κ1) is 10.9. The molecule has 0 aromatic heterocycles. The molecule has 0 spiro atoms. The van der Waals surface area contributed by atoms with Crippen molar-refractivity contribution >= 4 is 11.9 Å². The van der Waals surface area contributed by atoms with E-state index in [-0.39, 0.29) is 13.0 Å². The summed E-state index contributed by atoms with van der Waals surface area (Å²) in [7, 11) is 1.22. The summed E-state index contributed by atoms with van der Waals surface area (Å²) in [5, 5.41) is 0. The van der Waals surface area contributed by atoms with E-state index >= 15 is 0 Å². The number of rotatable bonds is 4. The van der Waals surface area contributed by atoms with Crippen LogP contribution in [-0.4, -0.2) is 31.7 Å². The minimum absolute atomic E-state index is 0.138. The molecule has 5 nitrogen and oxygen atoms in total. The molecule has 0 saturated heterocycles. The Hall–Kier alpha value is -1.10. The Labute approximate surface area is 70.8 Å². The summed E-state index contributed by atoms with van der Waals surface area (Å²) in [6.07, 6.45) is -0.138. The Balaban J connectivity index is 3.75. The molecule has 0 saturated carbocycles. The molecular formula is C7H13NO4. The van der Waals surface area contributed by atoms with E-state index in [0.29, 0.717) is 0 Å². The van der Waals surface area contributed by atoms with E-state index < -0.39 is 18.0 Å². The van der Waals surface area contributed by atoms with Gasteiger partial charge in [0.15, 0.2) is 0 Å². The quantitative estimate of drug-likeness (QED) is 0.579. The molecule has 5 heteroatoms. The molecule has 0 aromatic carbocycles. The molecule has 0 bridgehead atoms. The summed E-state index contributed by atoms with van der Waals surface area (Å²) in [4.78, 5) is 21.5. The number of nitrogens with two attached hydrogens (primary N) is 1. The second-order valence-corrected chi connectivity index (χ2v) is 2.14. The maximum absolute atomic E-state index is 10.8. The lowest BCUT2D eigenvalue weighted by molar-refractivity contribution is -0.149. The van der Waals surface area contributed by atoms with E-state index in [9.17, 15) is 9.59 Å². The van der Waals surface area contributed by atoms with Gasteiger partial charge in [0.25, 0.3) is 0 Å². The van der Waals surface area contributed by atoms with Crippen LogP contribution in [0.4, 0.5) is 0 Å². The molecule has 0 aliphatic carbocycles. The zero-order valence-electron chi connectivity index (χ0n) is 7.20. The van der Waals surface area contributed by atoms with Crippen molar-refractivity contribution in [2.45, 2.75) is 19.4 Å². The van der Waals surface area contributed by atoms with Gasteiger partial charge in [0.05, 0.1) is 20.1 Å². The van der Waals surface area contributed by atoms with E-state index in [1.165, 1.54) is 7.11 Å². The average molecular weight is 175 g/mol. The molecular weight excluding hydrogens is 162 g/mol. The number of esters is 2. The minimum atomic E-state index is -0.922. The van der Waals surface area contributed by atoms with Crippen LogP contribution >= 0.6 is 0 Å². The fraction of sp³-hybridized carbons (Fsp3) is 0.714. The summed E-state index contributed by atoms with van der Waals surface area (Å²) in [6.45, 7) is 1.97. The molecule has 12 heavy (non-hydrogen) atoms. The Morgan fingerprint density at radius 2 is 2.08 bits per heavy atom. The van der Waals surface area contributed by atoms with Gasteiger partial charge in [-0.15, -0.1) is 0 Å². The van der Waals surface area contributed by atoms with Gasteiger partial charge >= 0.3 is 11.9 Å². The van der Waals surface area contributed by atoms with Crippen LogP contribution in [0.5, 0.6) is 0 Å². The topological polar surface area (TPSA) is 78.6 Å². The second-order valence-electron chi connectivity index (χ2n) is 2.14. The number of ether oxygens (including phenoxy) is 2. The number of hydrogen-bond acceptors (Lipinski definition) is 5. The predicted octanol–water partition coefficient (Wildman–Crippen LogP) is -0.560.